The lowest BCUT2D eigenvalue weighted by Gasteiger charge is -2.45. The van der Waals surface area contributed by atoms with Crippen molar-refractivity contribution in [2.75, 3.05) is 6.54 Å². The van der Waals surface area contributed by atoms with Gasteiger partial charge in [0.05, 0.1) is 6.10 Å². The summed E-state index contributed by atoms with van der Waals surface area (Å²) in [5.41, 5.74) is 0.789. The largest absolute Gasteiger partial charge is 0.480 e. The van der Waals surface area contributed by atoms with Gasteiger partial charge in [-0.15, -0.1) is 0 Å². The van der Waals surface area contributed by atoms with Crippen LogP contribution in [0.15, 0.2) is 30.3 Å². The highest BCUT2D eigenvalue weighted by Gasteiger charge is 2.47. The number of hydrogen-bond donors (Lipinski definition) is 3. The number of benzene rings is 1. The van der Waals surface area contributed by atoms with Crippen molar-refractivity contribution in [2.24, 2.45) is 0 Å². The summed E-state index contributed by atoms with van der Waals surface area (Å²) in [5, 5.41) is 15.0. The minimum absolute atomic E-state index is 0.0360. The second-order valence-electron chi connectivity index (χ2n) is 11.3. The second-order valence-corrected chi connectivity index (χ2v) is 16.7. The molecule has 9 nitrogen and oxygen atoms in total. The average molecular weight is 539 g/mol. The molecule has 0 saturated carbocycles. The van der Waals surface area contributed by atoms with Crippen LogP contribution in [0.1, 0.15) is 74.3 Å². The molecule has 3 N–H and O–H groups in total. The van der Waals surface area contributed by atoms with Gasteiger partial charge in [0.15, 0.2) is 0 Å². The average Bonchev–Trinajstić information content (AvgIpc) is 2.77. The van der Waals surface area contributed by atoms with Crippen molar-refractivity contribution in [3.8, 4) is 0 Å². The van der Waals surface area contributed by atoms with Gasteiger partial charge in [-0.2, -0.15) is 0 Å². The molecule has 0 saturated heterocycles. The van der Waals surface area contributed by atoms with Crippen molar-refractivity contribution in [3.05, 3.63) is 35.9 Å². The quantitative estimate of drug-likeness (QED) is 0.270. The Bertz CT molecular complexity index is 847. The maximum Gasteiger partial charge on any atom is 0.408 e. The van der Waals surface area contributed by atoms with Gasteiger partial charge in [-0.3, -0.25) is 0 Å². The maximum absolute atomic E-state index is 12.5. The molecule has 1 rings (SSSR count). The molecule has 2 amide bonds. The fraction of sp³-hybridized carbons (Fsp3) is 0.667. The van der Waals surface area contributed by atoms with E-state index in [1.54, 1.807) is 20.8 Å². The minimum Gasteiger partial charge on any atom is -0.480 e. The zero-order valence-corrected chi connectivity index (χ0v) is 24.8. The van der Waals surface area contributed by atoms with Crippen molar-refractivity contribution in [1.29, 1.82) is 0 Å². The Morgan fingerprint density at radius 3 is 1.92 bits per heavy atom. The highest BCUT2D eigenvalue weighted by Crippen LogP contribution is 2.43. The van der Waals surface area contributed by atoms with Crippen molar-refractivity contribution >= 4 is 26.5 Å². The van der Waals surface area contributed by atoms with E-state index in [0.29, 0.717) is 0 Å². The number of carboxylic acid groups (broad SMARTS) is 1. The summed E-state index contributed by atoms with van der Waals surface area (Å²) in [6.45, 7) is 18.0. The molecule has 0 aromatic heterocycles. The number of nitrogens with one attached hydrogen (secondary N) is 2. The van der Waals surface area contributed by atoms with Crippen LogP contribution in [0.4, 0.5) is 9.59 Å². The first-order valence-electron chi connectivity index (χ1n) is 12.9. The lowest BCUT2D eigenvalue weighted by Crippen LogP contribution is -2.54. The number of rotatable bonds is 13. The number of hydrogen-bond acceptors (Lipinski definition) is 6. The van der Waals surface area contributed by atoms with E-state index < -0.39 is 44.2 Å². The molecule has 1 aromatic carbocycles. The Balaban J connectivity index is 3.09. The van der Waals surface area contributed by atoms with Crippen LogP contribution in [-0.4, -0.2) is 55.9 Å². The van der Waals surface area contributed by atoms with Gasteiger partial charge in [0, 0.05) is 13.0 Å². The van der Waals surface area contributed by atoms with Crippen LogP contribution in [0, 0.1) is 0 Å². The van der Waals surface area contributed by atoms with Gasteiger partial charge in [-0.25, -0.2) is 14.4 Å². The molecule has 210 valence electrons. The molecule has 0 radical (unpaired) electrons. The summed E-state index contributed by atoms with van der Waals surface area (Å²) in [4.78, 5) is 36.9. The first-order valence-corrected chi connectivity index (χ1v) is 15.1. The maximum atomic E-state index is 12.5. The summed E-state index contributed by atoms with van der Waals surface area (Å²) in [7, 11) is -2.44. The van der Waals surface area contributed by atoms with Crippen molar-refractivity contribution < 1.29 is 33.4 Å². The Hall–Kier alpha value is -2.59. The number of carbonyl (C=O) groups is 3. The van der Waals surface area contributed by atoms with Crippen LogP contribution in [-0.2, 0) is 25.3 Å². The molecule has 0 heterocycles. The Morgan fingerprint density at radius 1 is 0.919 bits per heavy atom. The molecule has 0 unspecified atom stereocenters. The summed E-state index contributed by atoms with van der Waals surface area (Å²) >= 11 is 0. The first kappa shape index (κ1) is 32.4. The second kappa shape index (κ2) is 14.4. The molecule has 0 aliphatic rings. The van der Waals surface area contributed by atoms with Gasteiger partial charge < -0.3 is 29.6 Å². The smallest absolute Gasteiger partial charge is 0.408 e. The number of carboxylic acids is 1. The predicted octanol–water partition coefficient (Wildman–Crippen LogP) is 5.84. The number of carbonyl (C=O) groups excluding carboxylic acids is 2. The third kappa shape index (κ3) is 10.7. The van der Waals surface area contributed by atoms with E-state index in [1.165, 1.54) is 0 Å². The molecular formula is C27H46N2O7Si. The SMILES string of the molecule is CC(C)[Si](O[C@@H](CNC(=O)OCc1ccccc1)C[C@H](NC(=O)OC(C)(C)C)C(=O)O)(C(C)C)C(C)C. The number of aliphatic carboxylic acids is 1. The van der Waals surface area contributed by atoms with E-state index in [9.17, 15) is 19.5 Å². The van der Waals surface area contributed by atoms with Gasteiger partial charge in [-0.1, -0.05) is 71.9 Å². The van der Waals surface area contributed by atoms with Crippen LogP contribution in [0.25, 0.3) is 0 Å². The molecule has 0 aliphatic carbocycles. The third-order valence-corrected chi connectivity index (χ3v) is 12.4. The summed E-state index contributed by atoms with van der Waals surface area (Å²) in [5.74, 6) is -1.21. The van der Waals surface area contributed by atoms with Crippen LogP contribution in [0.5, 0.6) is 0 Å². The standard InChI is InChI=1S/C27H46N2O7Si/c1-18(2)37(19(3)4,20(5)6)36-22(15-23(24(30)31)29-26(33)35-27(7,8)9)16-28-25(32)34-17-21-13-11-10-12-14-21/h10-14,18-20,22-23H,15-17H2,1-9H3,(H,28,32)(H,29,33)(H,30,31)/t22-,23+/m1/s1. The highest BCUT2D eigenvalue weighted by atomic mass is 28.4. The molecule has 0 aliphatic heterocycles. The molecular weight excluding hydrogens is 492 g/mol. The van der Waals surface area contributed by atoms with Crippen molar-refractivity contribution in [2.45, 2.75) is 110 Å². The summed E-state index contributed by atoms with van der Waals surface area (Å²) in [6.07, 6.45) is -2.17. The van der Waals surface area contributed by atoms with Crippen molar-refractivity contribution in [1.82, 2.24) is 10.6 Å². The van der Waals surface area contributed by atoms with E-state index in [1.807, 2.05) is 30.3 Å². The molecule has 2 atom stereocenters. The Morgan fingerprint density at radius 2 is 1.46 bits per heavy atom. The van der Waals surface area contributed by atoms with E-state index in [-0.39, 0.29) is 36.2 Å². The monoisotopic (exact) mass is 538 g/mol. The van der Waals surface area contributed by atoms with Gasteiger partial charge >= 0.3 is 18.2 Å². The van der Waals surface area contributed by atoms with E-state index >= 15 is 0 Å². The first-order chi connectivity index (χ1) is 17.1. The zero-order chi connectivity index (χ0) is 28.4. The summed E-state index contributed by atoms with van der Waals surface area (Å²) in [6, 6.07) is 8.04. The Kier molecular flexibility index (Phi) is 12.6. The predicted molar refractivity (Wildman–Crippen MR) is 146 cm³/mol. The molecule has 0 bridgehead atoms. The topological polar surface area (TPSA) is 123 Å². The van der Waals surface area contributed by atoms with Gasteiger partial charge in [0.2, 0.25) is 8.32 Å². The molecule has 1 aromatic rings. The van der Waals surface area contributed by atoms with Gasteiger partial charge in [0.1, 0.15) is 18.2 Å². The van der Waals surface area contributed by atoms with Crippen LogP contribution in [0.2, 0.25) is 16.6 Å². The highest BCUT2D eigenvalue weighted by molar-refractivity contribution is 6.77. The van der Waals surface area contributed by atoms with Crippen LogP contribution >= 0.6 is 0 Å². The molecule has 10 heteroatoms. The third-order valence-electron chi connectivity index (χ3n) is 6.25. The minimum atomic E-state index is -2.44. The van der Waals surface area contributed by atoms with Crippen LogP contribution in [0.3, 0.4) is 0 Å². The van der Waals surface area contributed by atoms with Gasteiger partial charge in [0.25, 0.3) is 0 Å². The number of ether oxygens (including phenoxy) is 2. The van der Waals surface area contributed by atoms with E-state index in [4.69, 9.17) is 13.9 Å². The normalized spacial score (nSPS) is 13.8. The van der Waals surface area contributed by atoms with E-state index in [0.717, 1.165) is 5.56 Å². The van der Waals surface area contributed by atoms with Crippen LogP contribution < -0.4 is 10.6 Å². The number of amides is 2. The molecule has 37 heavy (non-hydrogen) atoms. The number of alkyl carbamates (subject to hydrolysis) is 2. The zero-order valence-electron chi connectivity index (χ0n) is 23.8. The fourth-order valence-electron chi connectivity index (χ4n) is 4.78. The van der Waals surface area contributed by atoms with E-state index in [2.05, 4.69) is 52.2 Å². The fourth-order valence-corrected chi connectivity index (χ4v) is 10.3. The van der Waals surface area contributed by atoms with Gasteiger partial charge in [-0.05, 0) is 43.0 Å². The Labute approximate surface area is 222 Å². The molecule has 0 fully saturated rings. The molecule has 0 spiro atoms. The van der Waals surface area contributed by atoms with Crippen molar-refractivity contribution in [3.63, 3.8) is 0 Å². The summed E-state index contributed by atoms with van der Waals surface area (Å²) < 4.78 is 17.4. The lowest BCUT2D eigenvalue weighted by atomic mass is 10.1. The lowest BCUT2D eigenvalue weighted by molar-refractivity contribution is -0.140.